The van der Waals surface area contributed by atoms with E-state index in [9.17, 15) is 5.11 Å². The van der Waals surface area contributed by atoms with Gasteiger partial charge in [-0.15, -0.1) is 0 Å². The van der Waals surface area contributed by atoms with Crippen molar-refractivity contribution in [3.8, 4) is 0 Å². The maximum absolute atomic E-state index is 9.86. The molecule has 15 heavy (non-hydrogen) atoms. The van der Waals surface area contributed by atoms with Gasteiger partial charge in [-0.1, -0.05) is 17.7 Å². The SMILES string of the molecule is OC1(Cc2ccc3[nH]ccc3c2Cl)CC1. The lowest BCUT2D eigenvalue weighted by atomic mass is 10.0. The van der Waals surface area contributed by atoms with Crippen LogP contribution in [-0.2, 0) is 6.42 Å². The van der Waals surface area contributed by atoms with Gasteiger partial charge < -0.3 is 10.1 Å². The van der Waals surface area contributed by atoms with Crippen molar-refractivity contribution in [2.24, 2.45) is 0 Å². The van der Waals surface area contributed by atoms with Crippen LogP contribution in [0.2, 0.25) is 5.02 Å². The lowest BCUT2D eigenvalue weighted by molar-refractivity contribution is 0.151. The third kappa shape index (κ3) is 1.54. The fourth-order valence-electron chi connectivity index (χ4n) is 1.95. The summed E-state index contributed by atoms with van der Waals surface area (Å²) in [6.07, 6.45) is 4.35. The number of fused-ring (bicyclic) bond motifs is 1. The summed E-state index contributed by atoms with van der Waals surface area (Å²) in [5.74, 6) is 0. The van der Waals surface area contributed by atoms with E-state index in [2.05, 4.69) is 4.98 Å². The molecule has 1 aliphatic rings. The van der Waals surface area contributed by atoms with Crippen LogP contribution in [0.4, 0.5) is 0 Å². The molecule has 0 saturated heterocycles. The maximum atomic E-state index is 9.86. The molecule has 3 rings (SSSR count). The Morgan fingerprint density at radius 2 is 2.13 bits per heavy atom. The van der Waals surface area contributed by atoms with Crippen LogP contribution in [0.3, 0.4) is 0 Å². The fourth-order valence-corrected chi connectivity index (χ4v) is 2.25. The molecule has 1 aromatic carbocycles. The average molecular weight is 222 g/mol. The molecule has 78 valence electrons. The highest BCUT2D eigenvalue weighted by Crippen LogP contribution is 2.40. The molecule has 0 unspecified atom stereocenters. The van der Waals surface area contributed by atoms with Gasteiger partial charge in [0.2, 0.25) is 0 Å². The second-order valence-corrected chi connectivity index (χ2v) is 4.76. The highest BCUT2D eigenvalue weighted by molar-refractivity contribution is 6.36. The number of aromatic nitrogens is 1. The van der Waals surface area contributed by atoms with E-state index in [1.165, 1.54) is 0 Å². The van der Waals surface area contributed by atoms with Crippen molar-refractivity contribution >= 4 is 22.5 Å². The van der Waals surface area contributed by atoms with E-state index >= 15 is 0 Å². The first-order chi connectivity index (χ1) is 7.18. The van der Waals surface area contributed by atoms with Gasteiger partial charge in [0.25, 0.3) is 0 Å². The molecule has 0 bridgehead atoms. The van der Waals surface area contributed by atoms with Crippen LogP contribution < -0.4 is 0 Å². The number of H-pyrrole nitrogens is 1. The third-order valence-electron chi connectivity index (χ3n) is 3.10. The van der Waals surface area contributed by atoms with Crippen LogP contribution in [0.1, 0.15) is 18.4 Å². The van der Waals surface area contributed by atoms with Crippen molar-refractivity contribution in [3.05, 3.63) is 35.0 Å². The summed E-state index contributed by atoms with van der Waals surface area (Å²) in [4.78, 5) is 3.12. The first kappa shape index (κ1) is 9.25. The number of nitrogens with one attached hydrogen (secondary N) is 1. The van der Waals surface area contributed by atoms with Gasteiger partial charge in [0.05, 0.1) is 10.6 Å². The first-order valence-electron chi connectivity index (χ1n) is 5.15. The van der Waals surface area contributed by atoms with E-state index in [1.807, 2.05) is 24.4 Å². The number of hydrogen-bond acceptors (Lipinski definition) is 1. The Hall–Kier alpha value is -0.990. The number of hydrogen-bond donors (Lipinski definition) is 2. The Morgan fingerprint density at radius 1 is 1.33 bits per heavy atom. The molecule has 1 heterocycles. The van der Waals surface area contributed by atoms with Crippen molar-refractivity contribution in [1.82, 2.24) is 4.98 Å². The molecule has 1 saturated carbocycles. The Morgan fingerprint density at radius 3 is 2.87 bits per heavy atom. The van der Waals surface area contributed by atoms with Crippen molar-refractivity contribution in [2.45, 2.75) is 24.9 Å². The monoisotopic (exact) mass is 221 g/mol. The Kier molecular flexibility index (Phi) is 1.85. The topological polar surface area (TPSA) is 36.0 Å². The zero-order valence-corrected chi connectivity index (χ0v) is 9.01. The summed E-state index contributed by atoms with van der Waals surface area (Å²) in [6, 6.07) is 5.98. The van der Waals surface area contributed by atoms with Crippen LogP contribution in [0, 0.1) is 0 Å². The lowest BCUT2D eigenvalue weighted by Crippen LogP contribution is -2.10. The summed E-state index contributed by atoms with van der Waals surface area (Å²) in [7, 11) is 0. The van der Waals surface area contributed by atoms with Crippen LogP contribution in [0.25, 0.3) is 10.9 Å². The summed E-state index contributed by atoms with van der Waals surface area (Å²) in [6.45, 7) is 0. The molecule has 1 aliphatic carbocycles. The molecular formula is C12H12ClNO. The molecular weight excluding hydrogens is 210 g/mol. The van der Waals surface area contributed by atoms with Crippen molar-refractivity contribution in [1.29, 1.82) is 0 Å². The number of aliphatic hydroxyl groups is 1. The normalized spacial score (nSPS) is 18.3. The summed E-state index contributed by atoms with van der Waals surface area (Å²) < 4.78 is 0. The van der Waals surface area contributed by atoms with Crippen LogP contribution in [0.15, 0.2) is 24.4 Å². The molecule has 0 radical (unpaired) electrons. The van der Waals surface area contributed by atoms with Crippen molar-refractivity contribution in [3.63, 3.8) is 0 Å². The van der Waals surface area contributed by atoms with Crippen molar-refractivity contribution in [2.75, 3.05) is 0 Å². The molecule has 2 N–H and O–H groups in total. The minimum absolute atomic E-state index is 0.479. The van der Waals surface area contributed by atoms with Gasteiger partial charge in [-0.25, -0.2) is 0 Å². The Balaban J connectivity index is 2.06. The van der Waals surface area contributed by atoms with Gasteiger partial charge in [-0.05, 0) is 30.5 Å². The van der Waals surface area contributed by atoms with Crippen LogP contribution in [-0.4, -0.2) is 15.7 Å². The quantitative estimate of drug-likeness (QED) is 0.804. The predicted octanol–water partition coefficient (Wildman–Crippen LogP) is 2.89. The minimum atomic E-state index is -0.479. The molecule has 0 amide bonds. The molecule has 2 aromatic rings. The summed E-state index contributed by atoms with van der Waals surface area (Å²) in [5, 5.41) is 11.7. The highest BCUT2D eigenvalue weighted by Gasteiger charge is 2.40. The molecule has 0 atom stereocenters. The van der Waals surface area contributed by atoms with Gasteiger partial charge in [0.1, 0.15) is 0 Å². The van der Waals surface area contributed by atoms with E-state index in [0.717, 1.165) is 34.3 Å². The van der Waals surface area contributed by atoms with Gasteiger partial charge >= 0.3 is 0 Å². The van der Waals surface area contributed by atoms with E-state index < -0.39 is 5.60 Å². The van der Waals surface area contributed by atoms with Crippen LogP contribution in [0.5, 0.6) is 0 Å². The van der Waals surface area contributed by atoms with E-state index in [4.69, 9.17) is 11.6 Å². The van der Waals surface area contributed by atoms with Crippen LogP contribution >= 0.6 is 11.6 Å². The largest absolute Gasteiger partial charge is 0.390 e. The average Bonchev–Trinajstić information content (AvgIpc) is 2.78. The van der Waals surface area contributed by atoms with Gasteiger partial charge in [-0.3, -0.25) is 0 Å². The first-order valence-corrected chi connectivity index (χ1v) is 5.53. The van der Waals surface area contributed by atoms with E-state index in [0.29, 0.717) is 6.42 Å². The molecule has 1 aromatic heterocycles. The maximum Gasteiger partial charge on any atom is 0.0690 e. The zero-order chi connectivity index (χ0) is 10.5. The van der Waals surface area contributed by atoms with E-state index in [-0.39, 0.29) is 0 Å². The highest BCUT2D eigenvalue weighted by atomic mass is 35.5. The second kappa shape index (κ2) is 3.00. The predicted molar refractivity (Wildman–Crippen MR) is 61.2 cm³/mol. The fraction of sp³-hybridized carbons (Fsp3) is 0.333. The molecule has 1 fully saturated rings. The van der Waals surface area contributed by atoms with Gasteiger partial charge in [-0.2, -0.15) is 0 Å². The number of aromatic amines is 1. The minimum Gasteiger partial charge on any atom is -0.390 e. The number of halogens is 1. The Labute approximate surface area is 92.9 Å². The number of benzene rings is 1. The zero-order valence-electron chi connectivity index (χ0n) is 8.26. The molecule has 2 nitrogen and oxygen atoms in total. The summed E-state index contributed by atoms with van der Waals surface area (Å²) >= 11 is 6.29. The van der Waals surface area contributed by atoms with Gasteiger partial charge in [0.15, 0.2) is 0 Å². The number of rotatable bonds is 2. The van der Waals surface area contributed by atoms with Gasteiger partial charge in [0, 0.05) is 23.5 Å². The van der Waals surface area contributed by atoms with Crippen molar-refractivity contribution < 1.29 is 5.11 Å². The van der Waals surface area contributed by atoms with E-state index in [1.54, 1.807) is 0 Å². The standard InChI is InChI=1S/C12H12ClNO/c13-11-8(7-12(15)4-5-12)1-2-10-9(11)3-6-14-10/h1-3,6,14-15H,4-5,7H2. The summed E-state index contributed by atoms with van der Waals surface area (Å²) in [5.41, 5.74) is 1.61. The second-order valence-electron chi connectivity index (χ2n) is 4.38. The Bertz CT molecular complexity index is 513. The lowest BCUT2D eigenvalue weighted by Gasteiger charge is -2.09. The smallest absolute Gasteiger partial charge is 0.0690 e. The third-order valence-corrected chi connectivity index (χ3v) is 3.54. The molecule has 0 spiro atoms. The molecule has 0 aliphatic heterocycles. The molecule has 3 heteroatoms.